The van der Waals surface area contributed by atoms with E-state index < -0.39 is 0 Å². The Labute approximate surface area is 125 Å². The van der Waals surface area contributed by atoms with Gasteiger partial charge in [0.05, 0.1) is 12.7 Å². The van der Waals surface area contributed by atoms with E-state index >= 15 is 0 Å². The quantitative estimate of drug-likeness (QED) is 0.866. The third-order valence-electron chi connectivity index (χ3n) is 4.54. The summed E-state index contributed by atoms with van der Waals surface area (Å²) in [4.78, 5) is 18.3. The van der Waals surface area contributed by atoms with Crippen LogP contribution in [0.15, 0.2) is 24.5 Å². The number of rotatable bonds is 4. The lowest BCUT2D eigenvalue weighted by Crippen LogP contribution is -2.51. The van der Waals surface area contributed by atoms with E-state index in [2.05, 4.69) is 10.3 Å². The molecule has 1 aromatic rings. The van der Waals surface area contributed by atoms with Gasteiger partial charge in [-0.3, -0.25) is 4.98 Å². The van der Waals surface area contributed by atoms with Gasteiger partial charge >= 0.3 is 6.03 Å². The first-order valence-corrected chi connectivity index (χ1v) is 7.92. The van der Waals surface area contributed by atoms with Crippen molar-refractivity contribution in [3.8, 4) is 5.75 Å². The van der Waals surface area contributed by atoms with Crippen molar-refractivity contribution in [3.05, 3.63) is 24.5 Å². The maximum atomic E-state index is 12.3. The largest absolute Gasteiger partial charge is 0.490 e. The molecule has 0 spiro atoms. The number of likely N-dealkylation sites (tertiary alicyclic amines) is 1. The predicted molar refractivity (Wildman–Crippen MR) is 80.2 cm³/mol. The SMILES string of the molecule is O=C(NCCOc1cccnc1)N1CCC[C@@H]2CCC[C@@H]21. The maximum absolute atomic E-state index is 12.3. The molecule has 1 N–H and O–H groups in total. The predicted octanol–water partition coefficient (Wildman–Crippen LogP) is 2.43. The van der Waals surface area contributed by atoms with Crippen LogP contribution in [-0.4, -0.2) is 41.7 Å². The average molecular weight is 289 g/mol. The molecular formula is C16H23N3O2. The highest BCUT2D eigenvalue weighted by Gasteiger charge is 2.37. The number of piperidine rings is 1. The summed E-state index contributed by atoms with van der Waals surface area (Å²) in [5.41, 5.74) is 0. The molecule has 1 aromatic heterocycles. The molecule has 2 fully saturated rings. The molecule has 0 aromatic carbocycles. The second-order valence-electron chi connectivity index (χ2n) is 5.86. The van der Waals surface area contributed by atoms with Gasteiger partial charge in [0.25, 0.3) is 0 Å². The summed E-state index contributed by atoms with van der Waals surface area (Å²) in [5, 5.41) is 2.98. The minimum atomic E-state index is 0.0707. The fourth-order valence-corrected chi connectivity index (χ4v) is 3.57. The number of pyridine rings is 1. The van der Waals surface area contributed by atoms with E-state index in [9.17, 15) is 4.79 Å². The first-order chi connectivity index (χ1) is 10.3. The number of aromatic nitrogens is 1. The number of hydrogen-bond acceptors (Lipinski definition) is 3. The van der Waals surface area contributed by atoms with E-state index in [-0.39, 0.29) is 6.03 Å². The molecule has 2 amide bonds. The Hall–Kier alpha value is -1.78. The molecule has 2 heterocycles. The van der Waals surface area contributed by atoms with Crippen LogP contribution in [-0.2, 0) is 0 Å². The van der Waals surface area contributed by atoms with E-state index in [0.29, 0.717) is 19.2 Å². The highest BCUT2D eigenvalue weighted by Crippen LogP contribution is 2.36. The van der Waals surface area contributed by atoms with Crippen molar-refractivity contribution in [2.45, 2.75) is 38.1 Å². The van der Waals surface area contributed by atoms with Crippen LogP contribution in [0.3, 0.4) is 0 Å². The van der Waals surface area contributed by atoms with Crippen molar-refractivity contribution in [1.82, 2.24) is 15.2 Å². The second kappa shape index (κ2) is 6.78. The minimum Gasteiger partial charge on any atom is -0.490 e. The third-order valence-corrected chi connectivity index (χ3v) is 4.54. The molecule has 1 aliphatic carbocycles. The molecule has 5 heteroatoms. The molecule has 3 rings (SSSR count). The Balaban J connectivity index is 1.41. The van der Waals surface area contributed by atoms with Gasteiger partial charge in [0.15, 0.2) is 0 Å². The van der Waals surface area contributed by atoms with Crippen molar-refractivity contribution in [1.29, 1.82) is 0 Å². The van der Waals surface area contributed by atoms with Gasteiger partial charge in [0.2, 0.25) is 0 Å². The van der Waals surface area contributed by atoms with Crippen molar-refractivity contribution < 1.29 is 9.53 Å². The van der Waals surface area contributed by atoms with Gasteiger partial charge in [-0.1, -0.05) is 6.42 Å². The Bertz CT molecular complexity index is 466. The normalized spacial score (nSPS) is 24.5. The summed E-state index contributed by atoms with van der Waals surface area (Å²) in [6, 6.07) is 4.24. The molecule has 1 saturated carbocycles. The van der Waals surface area contributed by atoms with Gasteiger partial charge in [0, 0.05) is 18.8 Å². The minimum absolute atomic E-state index is 0.0707. The highest BCUT2D eigenvalue weighted by molar-refractivity contribution is 5.74. The first kappa shape index (κ1) is 14.2. The summed E-state index contributed by atoms with van der Waals surface area (Å²) >= 11 is 0. The van der Waals surface area contributed by atoms with E-state index in [1.807, 2.05) is 17.0 Å². The van der Waals surface area contributed by atoms with Gasteiger partial charge in [0.1, 0.15) is 12.4 Å². The molecule has 5 nitrogen and oxygen atoms in total. The van der Waals surface area contributed by atoms with E-state index in [4.69, 9.17) is 4.74 Å². The molecule has 2 aliphatic rings. The van der Waals surface area contributed by atoms with Crippen molar-refractivity contribution in [2.75, 3.05) is 19.7 Å². The Morgan fingerprint density at radius 1 is 1.38 bits per heavy atom. The lowest BCUT2D eigenvalue weighted by atomic mass is 9.92. The van der Waals surface area contributed by atoms with Gasteiger partial charge in [-0.15, -0.1) is 0 Å². The smallest absolute Gasteiger partial charge is 0.317 e. The second-order valence-corrected chi connectivity index (χ2v) is 5.86. The zero-order chi connectivity index (χ0) is 14.5. The molecule has 0 unspecified atom stereocenters. The van der Waals surface area contributed by atoms with E-state index in [1.54, 1.807) is 12.4 Å². The average Bonchev–Trinajstić information content (AvgIpc) is 3.01. The lowest BCUT2D eigenvalue weighted by Gasteiger charge is -2.37. The summed E-state index contributed by atoms with van der Waals surface area (Å²) in [6.07, 6.45) is 9.55. The van der Waals surface area contributed by atoms with Gasteiger partial charge in [-0.2, -0.15) is 0 Å². The van der Waals surface area contributed by atoms with Crippen LogP contribution in [0.5, 0.6) is 5.75 Å². The zero-order valence-corrected chi connectivity index (χ0v) is 12.3. The number of nitrogens with zero attached hydrogens (tertiary/aromatic N) is 2. The van der Waals surface area contributed by atoms with Crippen LogP contribution in [0.2, 0.25) is 0 Å². The number of carbonyl (C=O) groups is 1. The Morgan fingerprint density at radius 2 is 2.29 bits per heavy atom. The third kappa shape index (κ3) is 3.46. The summed E-state index contributed by atoms with van der Waals surface area (Å²) < 4.78 is 5.53. The number of urea groups is 1. The molecule has 2 atom stereocenters. The van der Waals surface area contributed by atoms with Crippen LogP contribution in [0.4, 0.5) is 4.79 Å². The van der Waals surface area contributed by atoms with E-state index in [1.165, 1.54) is 25.7 Å². The number of amides is 2. The summed E-state index contributed by atoms with van der Waals surface area (Å²) in [5.74, 6) is 1.47. The first-order valence-electron chi connectivity index (χ1n) is 7.92. The zero-order valence-electron chi connectivity index (χ0n) is 12.3. The van der Waals surface area contributed by atoms with E-state index in [0.717, 1.165) is 24.6 Å². The van der Waals surface area contributed by atoms with Crippen LogP contribution in [0, 0.1) is 5.92 Å². The van der Waals surface area contributed by atoms with Crippen LogP contribution < -0.4 is 10.1 Å². The Kier molecular flexibility index (Phi) is 4.58. The fraction of sp³-hybridized carbons (Fsp3) is 0.625. The molecule has 21 heavy (non-hydrogen) atoms. The maximum Gasteiger partial charge on any atom is 0.317 e. The summed E-state index contributed by atoms with van der Waals surface area (Å²) in [7, 11) is 0. The highest BCUT2D eigenvalue weighted by atomic mass is 16.5. The van der Waals surface area contributed by atoms with Crippen molar-refractivity contribution in [2.24, 2.45) is 5.92 Å². The Morgan fingerprint density at radius 3 is 3.14 bits per heavy atom. The molecule has 1 saturated heterocycles. The van der Waals surface area contributed by atoms with Crippen LogP contribution >= 0.6 is 0 Å². The molecule has 1 aliphatic heterocycles. The van der Waals surface area contributed by atoms with Gasteiger partial charge in [-0.05, 0) is 43.7 Å². The lowest BCUT2D eigenvalue weighted by molar-refractivity contribution is 0.127. The van der Waals surface area contributed by atoms with Crippen LogP contribution in [0.1, 0.15) is 32.1 Å². The number of carbonyl (C=O) groups excluding carboxylic acids is 1. The van der Waals surface area contributed by atoms with Gasteiger partial charge in [-0.25, -0.2) is 4.79 Å². The molecule has 114 valence electrons. The van der Waals surface area contributed by atoms with Crippen LogP contribution in [0.25, 0.3) is 0 Å². The number of nitrogens with one attached hydrogen (secondary N) is 1. The monoisotopic (exact) mass is 289 g/mol. The number of ether oxygens (including phenoxy) is 1. The van der Waals surface area contributed by atoms with Crippen molar-refractivity contribution >= 4 is 6.03 Å². The van der Waals surface area contributed by atoms with Crippen molar-refractivity contribution in [3.63, 3.8) is 0 Å². The molecule has 0 bridgehead atoms. The topological polar surface area (TPSA) is 54.5 Å². The molecular weight excluding hydrogens is 266 g/mol. The fourth-order valence-electron chi connectivity index (χ4n) is 3.57. The summed E-state index contributed by atoms with van der Waals surface area (Å²) in [6.45, 7) is 1.90. The number of hydrogen-bond donors (Lipinski definition) is 1. The standard InChI is InChI=1S/C16H23N3O2/c20-16(18-9-11-21-14-6-2-8-17-12-14)19-10-3-5-13-4-1-7-15(13)19/h2,6,8,12-13,15H,1,3-5,7,9-11H2,(H,18,20)/t13-,15-/m0/s1. The molecule has 0 radical (unpaired) electrons. The van der Waals surface area contributed by atoms with Gasteiger partial charge < -0.3 is 15.0 Å². The number of fused-ring (bicyclic) bond motifs is 1.